The van der Waals surface area contributed by atoms with Crippen LogP contribution in [0.15, 0.2) is 61.1 Å². The zero-order valence-corrected chi connectivity index (χ0v) is 23.3. The molecule has 2 aliphatic heterocycles. The van der Waals surface area contributed by atoms with Gasteiger partial charge in [-0.05, 0) is 61.9 Å². The number of imide groups is 1. The third kappa shape index (κ3) is 5.75. The lowest BCUT2D eigenvalue weighted by atomic mass is 10.0. The van der Waals surface area contributed by atoms with Crippen molar-refractivity contribution in [3.05, 3.63) is 77.7 Å². The number of carbonyl (C=O) groups excluding carboxylic acids is 3. The molecule has 1 fully saturated rings. The van der Waals surface area contributed by atoms with Gasteiger partial charge in [0.1, 0.15) is 6.04 Å². The van der Waals surface area contributed by atoms with Gasteiger partial charge in [-0.15, -0.1) is 0 Å². The van der Waals surface area contributed by atoms with Crippen LogP contribution < -0.4 is 5.32 Å². The van der Waals surface area contributed by atoms with Gasteiger partial charge in [-0.3, -0.25) is 29.4 Å². The average Bonchev–Trinajstić information content (AvgIpc) is 3.60. The summed E-state index contributed by atoms with van der Waals surface area (Å²) in [5, 5.41) is 6.94. The summed E-state index contributed by atoms with van der Waals surface area (Å²) in [4.78, 5) is 47.7. The van der Waals surface area contributed by atoms with Crippen LogP contribution in [0.4, 0.5) is 0 Å². The molecule has 0 radical (unpaired) electrons. The van der Waals surface area contributed by atoms with Crippen LogP contribution in [0.1, 0.15) is 79.4 Å². The molecule has 4 aromatic rings. The lowest BCUT2D eigenvalue weighted by Gasteiger charge is -2.29. The van der Waals surface area contributed by atoms with Gasteiger partial charge in [0.25, 0.3) is 5.91 Å². The van der Waals surface area contributed by atoms with E-state index in [1.165, 1.54) is 0 Å². The van der Waals surface area contributed by atoms with E-state index in [1.807, 2.05) is 47.3 Å². The van der Waals surface area contributed by atoms with Gasteiger partial charge in [-0.2, -0.15) is 5.10 Å². The molecule has 9 heteroatoms. The first-order chi connectivity index (χ1) is 20.0. The smallest absolute Gasteiger partial charge is 0.255 e. The zero-order valence-electron chi connectivity index (χ0n) is 23.3. The summed E-state index contributed by atoms with van der Waals surface area (Å²) in [6.45, 7) is 2.62. The summed E-state index contributed by atoms with van der Waals surface area (Å²) in [6, 6.07) is 13.7. The first-order valence-corrected chi connectivity index (χ1v) is 14.5. The van der Waals surface area contributed by atoms with Gasteiger partial charge in [0.15, 0.2) is 0 Å². The van der Waals surface area contributed by atoms with Crippen molar-refractivity contribution in [3.63, 3.8) is 0 Å². The Morgan fingerprint density at radius 2 is 1.83 bits per heavy atom. The Balaban J connectivity index is 0.946. The van der Waals surface area contributed by atoms with Crippen LogP contribution >= 0.6 is 0 Å². The minimum absolute atomic E-state index is 0.111. The van der Waals surface area contributed by atoms with Crippen molar-refractivity contribution in [3.8, 4) is 11.3 Å². The van der Waals surface area contributed by atoms with Crippen LogP contribution in [0.2, 0.25) is 0 Å². The van der Waals surface area contributed by atoms with Crippen molar-refractivity contribution in [2.45, 2.75) is 76.9 Å². The number of amides is 3. The Kier molecular flexibility index (Phi) is 7.59. The molecule has 2 aliphatic rings. The van der Waals surface area contributed by atoms with Crippen molar-refractivity contribution in [1.82, 2.24) is 30.0 Å². The molecule has 41 heavy (non-hydrogen) atoms. The summed E-state index contributed by atoms with van der Waals surface area (Å²) in [7, 11) is 0. The SMILES string of the molecule is CC(CCCCCCc1ccc2c(c1)C(=O)N(C1CCC(=O)NC1=O)C2)n1cc(-c2cnc3ccccc3n2)cn1. The molecule has 1 saturated heterocycles. The number of piperidine rings is 1. The average molecular weight is 551 g/mol. The fraction of sp³-hybridized carbons (Fsp3) is 0.375. The van der Waals surface area contributed by atoms with E-state index in [-0.39, 0.29) is 24.1 Å². The second-order valence-electron chi connectivity index (χ2n) is 11.1. The summed E-state index contributed by atoms with van der Waals surface area (Å²) in [5.41, 5.74) is 6.37. The van der Waals surface area contributed by atoms with E-state index in [2.05, 4.69) is 34.6 Å². The van der Waals surface area contributed by atoms with Crippen LogP contribution in [-0.4, -0.2) is 48.4 Å². The number of carbonyl (C=O) groups is 3. The predicted octanol–water partition coefficient (Wildman–Crippen LogP) is 5.01. The quantitative estimate of drug-likeness (QED) is 0.220. The van der Waals surface area contributed by atoms with Crippen LogP contribution in [0.25, 0.3) is 22.3 Å². The van der Waals surface area contributed by atoms with Crippen LogP contribution in [-0.2, 0) is 22.6 Å². The molecule has 0 saturated carbocycles. The Morgan fingerprint density at radius 3 is 2.68 bits per heavy atom. The Hall–Kier alpha value is -4.40. The second-order valence-corrected chi connectivity index (χ2v) is 11.1. The molecule has 2 aromatic heterocycles. The molecule has 1 N–H and O–H groups in total. The lowest BCUT2D eigenvalue weighted by Crippen LogP contribution is -2.52. The van der Waals surface area contributed by atoms with Crippen LogP contribution in [0.5, 0.6) is 0 Å². The molecule has 6 rings (SSSR count). The van der Waals surface area contributed by atoms with Gasteiger partial charge in [-0.25, -0.2) is 4.98 Å². The molecule has 2 aromatic carbocycles. The van der Waals surface area contributed by atoms with Crippen molar-refractivity contribution >= 4 is 28.8 Å². The maximum atomic E-state index is 13.1. The Morgan fingerprint density at radius 1 is 1.00 bits per heavy atom. The molecule has 2 atom stereocenters. The van der Waals surface area contributed by atoms with E-state index in [0.29, 0.717) is 24.6 Å². The fourth-order valence-corrected chi connectivity index (χ4v) is 5.82. The number of benzene rings is 2. The predicted molar refractivity (Wildman–Crippen MR) is 155 cm³/mol. The van der Waals surface area contributed by atoms with Crippen LogP contribution in [0, 0.1) is 0 Å². The number of hydrogen-bond acceptors (Lipinski definition) is 6. The summed E-state index contributed by atoms with van der Waals surface area (Å²) in [5.74, 6) is -0.751. The molecule has 9 nitrogen and oxygen atoms in total. The molecule has 4 heterocycles. The first kappa shape index (κ1) is 26.8. The third-order valence-electron chi connectivity index (χ3n) is 8.23. The van der Waals surface area contributed by atoms with Gasteiger partial charge in [0.05, 0.1) is 29.1 Å². The molecular weight excluding hydrogens is 516 g/mol. The maximum absolute atomic E-state index is 13.1. The van der Waals surface area contributed by atoms with Gasteiger partial charge in [-0.1, -0.05) is 43.5 Å². The van der Waals surface area contributed by atoms with Gasteiger partial charge < -0.3 is 4.90 Å². The molecule has 0 bridgehead atoms. The third-order valence-corrected chi connectivity index (χ3v) is 8.23. The lowest BCUT2D eigenvalue weighted by molar-refractivity contribution is -0.136. The van der Waals surface area contributed by atoms with Crippen molar-refractivity contribution in [1.29, 1.82) is 0 Å². The highest BCUT2D eigenvalue weighted by Gasteiger charge is 2.39. The number of nitrogens with zero attached hydrogens (tertiary/aromatic N) is 5. The van der Waals surface area contributed by atoms with Gasteiger partial charge in [0, 0.05) is 36.3 Å². The van der Waals surface area contributed by atoms with E-state index in [4.69, 9.17) is 4.98 Å². The second kappa shape index (κ2) is 11.6. The molecular formula is C32H34N6O3. The van der Waals surface area contributed by atoms with Gasteiger partial charge in [0.2, 0.25) is 11.8 Å². The molecule has 0 aliphatic carbocycles. The number of para-hydroxylation sites is 2. The first-order valence-electron chi connectivity index (χ1n) is 14.5. The van der Waals surface area contributed by atoms with Crippen LogP contribution in [0.3, 0.4) is 0 Å². The maximum Gasteiger partial charge on any atom is 0.255 e. The van der Waals surface area contributed by atoms with Gasteiger partial charge >= 0.3 is 0 Å². The highest BCUT2D eigenvalue weighted by Crippen LogP contribution is 2.29. The van der Waals surface area contributed by atoms with E-state index >= 15 is 0 Å². The van der Waals surface area contributed by atoms with E-state index in [1.54, 1.807) is 11.1 Å². The Labute approximate surface area is 239 Å². The highest BCUT2D eigenvalue weighted by atomic mass is 16.2. The molecule has 3 amide bonds. The number of fused-ring (bicyclic) bond motifs is 2. The van der Waals surface area contributed by atoms with E-state index in [0.717, 1.165) is 71.9 Å². The minimum atomic E-state index is -0.570. The van der Waals surface area contributed by atoms with E-state index < -0.39 is 6.04 Å². The van der Waals surface area contributed by atoms with Crippen molar-refractivity contribution < 1.29 is 14.4 Å². The summed E-state index contributed by atoms with van der Waals surface area (Å²) < 4.78 is 2.02. The number of hydrogen-bond donors (Lipinski definition) is 1. The van der Waals surface area contributed by atoms with Crippen molar-refractivity contribution in [2.24, 2.45) is 0 Å². The number of aryl methyl sites for hydroxylation is 1. The number of nitrogens with one attached hydrogen (secondary N) is 1. The zero-order chi connectivity index (χ0) is 28.3. The monoisotopic (exact) mass is 550 g/mol. The van der Waals surface area contributed by atoms with Crippen molar-refractivity contribution in [2.75, 3.05) is 0 Å². The standard InChI is InChI=1S/C32H34N6O3/c1-21(38-20-24(17-34-38)28-18-33-26-10-6-7-11-27(26)35-28)8-4-2-3-5-9-22-12-13-23-19-37(32(41)25(23)16-22)29-14-15-30(39)36-31(29)40/h6-7,10-13,16-18,20-21,29H,2-5,8-9,14-15,19H2,1H3,(H,36,39,40). The normalized spacial score (nSPS) is 17.6. The summed E-state index contributed by atoms with van der Waals surface area (Å²) >= 11 is 0. The topological polar surface area (TPSA) is 110 Å². The number of aromatic nitrogens is 4. The Bertz CT molecular complexity index is 1610. The molecule has 210 valence electrons. The fourth-order valence-electron chi connectivity index (χ4n) is 5.82. The molecule has 2 unspecified atom stereocenters. The highest BCUT2D eigenvalue weighted by molar-refractivity contribution is 6.05. The largest absolute Gasteiger partial charge is 0.322 e. The number of unbranched alkanes of at least 4 members (excludes halogenated alkanes) is 3. The molecule has 0 spiro atoms. The summed E-state index contributed by atoms with van der Waals surface area (Å²) in [6.07, 6.45) is 12.8. The number of rotatable bonds is 10. The minimum Gasteiger partial charge on any atom is -0.322 e. The van der Waals surface area contributed by atoms with E-state index in [9.17, 15) is 14.4 Å².